The van der Waals surface area contributed by atoms with Crippen molar-refractivity contribution in [3.05, 3.63) is 113 Å². The number of likely N-dealkylation sites (tertiary alicyclic amines) is 2. The maximum absolute atomic E-state index is 14.1. The number of nitrogens with one attached hydrogen (secondary N) is 4. The number of β-amino-alcohol motifs (C(OH)–C–C–N with tert-alkyl or cyclic N) is 1. The van der Waals surface area contributed by atoms with Crippen LogP contribution in [-0.2, 0) is 38.9 Å². The lowest BCUT2D eigenvalue weighted by Gasteiger charge is -2.35. The molecule has 18 nitrogen and oxygen atoms in total. The van der Waals surface area contributed by atoms with Gasteiger partial charge < -0.3 is 36.0 Å². The SMILES string of the molecule is Cc1ncsc1-c1ccc(CNC(=O)[C@@H]2C[C@@H](O)CN2C(=O)[C@@H](NC(=O)CCCCn2cc(COc3cc4ncnc(Nc5ccc(F)c(Cl)c5)c4cc3NC(=O)/C=C/CN3CCCCC3)nn2)C(C)(C)C)cc1. The van der Waals surface area contributed by atoms with Gasteiger partial charge in [-0.25, -0.2) is 19.3 Å². The van der Waals surface area contributed by atoms with Gasteiger partial charge in [0.2, 0.25) is 23.6 Å². The Morgan fingerprint density at radius 2 is 1.81 bits per heavy atom. The molecule has 4 amide bonds. The molecule has 0 spiro atoms. The third-order valence-electron chi connectivity index (χ3n) is 13.0. The van der Waals surface area contributed by atoms with Crippen LogP contribution in [0.2, 0.25) is 5.02 Å². The monoisotopic (exact) mass is 1050 g/mol. The van der Waals surface area contributed by atoms with Crippen LogP contribution < -0.4 is 26.0 Å². The number of aryl methyl sites for hydroxylation is 2. The summed E-state index contributed by atoms with van der Waals surface area (Å²) in [6.45, 7) is 10.9. The Kier molecular flexibility index (Phi) is 17.6. The first-order chi connectivity index (χ1) is 35.6. The Morgan fingerprint density at radius 3 is 2.55 bits per heavy atom. The van der Waals surface area contributed by atoms with Gasteiger partial charge >= 0.3 is 0 Å². The molecule has 2 saturated heterocycles. The molecule has 8 rings (SSSR count). The van der Waals surface area contributed by atoms with E-state index in [4.69, 9.17) is 16.3 Å². The molecule has 390 valence electrons. The first kappa shape index (κ1) is 53.4. The number of nitrogens with zero attached hydrogens (tertiary/aromatic N) is 8. The van der Waals surface area contributed by atoms with Gasteiger partial charge in [0.05, 0.1) is 44.6 Å². The summed E-state index contributed by atoms with van der Waals surface area (Å²) in [7, 11) is 0. The molecule has 21 heteroatoms. The highest BCUT2D eigenvalue weighted by atomic mass is 35.5. The van der Waals surface area contributed by atoms with E-state index in [1.165, 1.54) is 41.9 Å². The van der Waals surface area contributed by atoms with Crippen molar-refractivity contribution in [3.8, 4) is 16.2 Å². The highest BCUT2D eigenvalue weighted by Gasteiger charge is 2.44. The van der Waals surface area contributed by atoms with Gasteiger partial charge in [0.1, 0.15) is 48.1 Å². The molecule has 2 fully saturated rings. The lowest BCUT2D eigenvalue weighted by Crippen LogP contribution is -2.57. The van der Waals surface area contributed by atoms with E-state index in [9.17, 15) is 28.7 Å². The van der Waals surface area contributed by atoms with Gasteiger partial charge in [-0.2, -0.15) is 0 Å². The smallest absolute Gasteiger partial charge is 0.248 e. The number of piperidine rings is 1. The number of amides is 4. The predicted octanol–water partition coefficient (Wildman–Crippen LogP) is 7.73. The molecule has 3 aromatic heterocycles. The average Bonchev–Trinajstić information content (AvgIpc) is 4.14. The zero-order valence-electron chi connectivity index (χ0n) is 41.9. The molecular weight excluding hydrogens is 987 g/mol. The highest BCUT2D eigenvalue weighted by Crippen LogP contribution is 2.35. The van der Waals surface area contributed by atoms with Crippen LogP contribution in [0.15, 0.2) is 84.8 Å². The van der Waals surface area contributed by atoms with Gasteiger partial charge in [-0.3, -0.25) is 28.8 Å². The van der Waals surface area contributed by atoms with Crippen LogP contribution in [0.4, 0.5) is 21.6 Å². The van der Waals surface area contributed by atoms with Crippen molar-refractivity contribution in [3.63, 3.8) is 0 Å². The van der Waals surface area contributed by atoms with Crippen LogP contribution in [0, 0.1) is 18.2 Å². The maximum Gasteiger partial charge on any atom is 0.248 e. The van der Waals surface area contributed by atoms with Crippen LogP contribution in [0.3, 0.4) is 0 Å². The Labute approximate surface area is 438 Å². The molecule has 2 aliphatic heterocycles. The molecule has 3 atom stereocenters. The van der Waals surface area contributed by atoms with Crippen molar-refractivity contribution < 1.29 is 33.4 Å². The number of ether oxygens (including phenoxy) is 1. The molecule has 2 aliphatic rings. The summed E-state index contributed by atoms with van der Waals surface area (Å²) in [6.07, 6.45) is 10.4. The van der Waals surface area contributed by atoms with Crippen molar-refractivity contribution in [1.29, 1.82) is 0 Å². The zero-order chi connectivity index (χ0) is 52.4. The number of fused-ring (bicyclic) bond motifs is 1. The molecular formula is C53H62ClFN12O6S. The fraction of sp³-hybridized carbons (Fsp3) is 0.415. The average molecular weight is 1050 g/mol. The van der Waals surface area contributed by atoms with Crippen LogP contribution in [-0.4, -0.2) is 113 Å². The number of aliphatic hydroxyl groups excluding tert-OH is 1. The molecule has 3 aromatic carbocycles. The van der Waals surface area contributed by atoms with Gasteiger partial charge in [0.25, 0.3) is 0 Å². The number of hydrogen-bond donors (Lipinski definition) is 5. The number of thiazole rings is 1. The molecule has 5 N–H and O–H groups in total. The Morgan fingerprint density at radius 1 is 1.01 bits per heavy atom. The van der Waals surface area contributed by atoms with Crippen molar-refractivity contribution in [1.82, 2.24) is 50.4 Å². The van der Waals surface area contributed by atoms with E-state index in [1.54, 1.807) is 34.3 Å². The standard InChI is InChI=1S/C53H62ClFN12O6S/c1-33-48(74-32-59-33)35-15-13-34(14-16-35)27-56-51(71)44-24-38(68)29-67(44)52(72)49(53(2,3)4)62-47(70)11-6-9-22-66-28-37(63-64-66)30-73-45-26-42-39(50(58-31-57-42)60-36-17-18-41(55)40(54)23-36)25-43(45)61-46(69)12-10-21-65-19-7-5-8-20-65/h10,12-18,23,25-26,28,31-32,38,44,49,68H,5-9,11,19-22,24,27,29-30H2,1-4H3,(H,56,71)(H,61,69)(H,62,70)(H,57,58,60)/b12-10+/t38-,44+,49-/m1/s1. The number of rotatable bonds is 20. The number of halogens is 2. The number of carbonyl (C=O) groups excluding carboxylic acids is 4. The molecule has 0 radical (unpaired) electrons. The number of unbranched alkanes of at least 4 members (excludes halogenated alkanes) is 1. The van der Waals surface area contributed by atoms with Gasteiger partial charge in [0.15, 0.2) is 0 Å². The highest BCUT2D eigenvalue weighted by molar-refractivity contribution is 7.13. The van der Waals surface area contributed by atoms with Crippen molar-refractivity contribution >= 4 is 74.7 Å². The van der Waals surface area contributed by atoms with E-state index in [0.29, 0.717) is 65.5 Å². The molecule has 74 heavy (non-hydrogen) atoms. The van der Waals surface area contributed by atoms with E-state index < -0.39 is 35.3 Å². The Hall–Kier alpha value is -6.87. The lowest BCUT2D eigenvalue weighted by atomic mass is 9.85. The second-order valence-corrected chi connectivity index (χ2v) is 21.0. The second kappa shape index (κ2) is 24.4. The number of aromatic nitrogens is 6. The first-order valence-corrected chi connectivity index (χ1v) is 26.1. The summed E-state index contributed by atoms with van der Waals surface area (Å²) in [4.78, 5) is 72.3. The molecule has 0 unspecified atom stereocenters. The van der Waals surface area contributed by atoms with E-state index in [0.717, 1.165) is 47.6 Å². The molecule has 0 aliphatic carbocycles. The van der Waals surface area contributed by atoms with Gasteiger partial charge in [-0.15, -0.1) is 16.4 Å². The van der Waals surface area contributed by atoms with Crippen LogP contribution in [0.1, 0.15) is 82.7 Å². The molecule has 0 saturated carbocycles. The maximum atomic E-state index is 14.1. The van der Waals surface area contributed by atoms with E-state index >= 15 is 0 Å². The minimum atomic E-state index is -0.944. The zero-order valence-corrected chi connectivity index (χ0v) is 43.5. The van der Waals surface area contributed by atoms with Crippen molar-refractivity contribution in [2.75, 3.05) is 36.8 Å². The fourth-order valence-corrected chi connectivity index (χ4v) is 9.97. The van der Waals surface area contributed by atoms with E-state index in [2.05, 4.69) is 51.4 Å². The van der Waals surface area contributed by atoms with Crippen molar-refractivity contribution in [2.24, 2.45) is 5.41 Å². The summed E-state index contributed by atoms with van der Waals surface area (Å²) in [5, 5.41) is 31.7. The van der Waals surface area contributed by atoms with Crippen LogP contribution in [0.25, 0.3) is 21.3 Å². The topological polar surface area (TPSA) is 222 Å². The second-order valence-electron chi connectivity index (χ2n) is 19.8. The summed E-state index contributed by atoms with van der Waals surface area (Å²) in [5.74, 6) is -1.28. The van der Waals surface area contributed by atoms with Crippen LogP contribution >= 0.6 is 22.9 Å². The quantitative estimate of drug-likeness (QED) is 0.0366. The minimum absolute atomic E-state index is 0.00669. The third kappa shape index (κ3) is 14.0. The molecule has 0 bridgehead atoms. The predicted molar refractivity (Wildman–Crippen MR) is 282 cm³/mol. The molecule has 5 heterocycles. The van der Waals surface area contributed by atoms with Gasteiger partial charge in [-0.05, 0) is 86.5 Å². The third-order valence-corrected chi connectivity index (χ3v) is 14.2. The summed E-state index contributed by atoms with van der Waals surface area (Å²) >= 11 is 7.61. The number of aliphatic hydroxyl groups is 1. The van der Waals surface area contributed by atoms with Crippen LogP contribution in [0.5, 0.6) is 5.75 Å². The number of hydrogen-bond acceptors (Lipinski definition) is 14. The Bertz CT molecular complexity index is 2970. The number of anilines is 3. The minimum Gasteiger partial charge on any atom is -0.485 e. The lowest BCUT2D eigenvalue weighted by molar-refractivity contribution is -0.144. The first-order valence-electron chi connectivity index (χ1n) is 24.9. The summed E-state index contributed by atoms with van der Waals surface area (Å²) in [5.41, 5.74) is 5.89. The summed E-state index contributed by atoms with van der Waals surface area (Å²) in [6, 6.07) is 13.7. The molecule has 6 aromatic rings. The Balaban J connectivity index is 0.843. The number of carbonyl (C=O) groups is 4. The van der Waals surface area contributed by atoms with E-state index in [-0.39, 0.29) is 55.3 Å². The number of benzene rings is 3. The fourth-order valence-electron chi connectivity index (χ4n) is 8.97. The van der Waals surface area contributed by atoms with Gasteiger partial charge in [-0.1, -0.05) is 74.3 Å². The van der Waals surface area contributed by atoms with Crippen molar-refractivity contribution in [2.45, 2.75) is 111 Å². The van der Waals surface area contributed by atoms with Gasteiger partial charge in [0, 0.05) is 62.2 Å². The normalized spacial score (nSPS) is 16.6. The summed E-state index contributed by atoms with van der Waals surface area (Å²) < 4.78 is 21.8. The largest absolute Gasteiger partial charge is 0.485 e. The van der Waals surface area contributed by atoms with E-state index in [1.807, 2.05) is 63.5 Å².